The molecule has 0 bridgehead atoms. The van der Waals surface area contributed by atoms with Crippen molar-refractivity contribution in [2.75, 3.05) is 6.61 Å². The highest BCUT2D eigenvalue weighted by atomic mass is 35.5. The second kappa shape index (κ2) is 7.88. The molecule has 2 aromatic rings. The number of rotatable bonds is 4. The topological polar surface area (TPSA) is 43.4 Å². The minimum Gasteiger partial charge on any atom is -0.465 e. The summed E-state index contributed by atoms with van der Waals surface area (Å²) < 4.78 is 5.18. The van der Waals surface area contributed by atoms with Crippen LogP contribution in [-0.2, 0) is 14.3 Å². The lowest BCUT2D eigenvalue weighted by Gasteiger charge is -2.30. The van der Waals surface area contributed by atoms with Crippen LogP contribution in [0.5, 0.6) is 0 Å². The van der Waals surface area contributed by atoms with Gasteiger partial charge in [0.1, 0.15) is 5.92 Å². The molecule has 0 aromatic heterocycles. The molecule has 0 saturated carbocycles. The van der Waals surface area contributed by atoms with E-state index in [1.54, 1.807) is 19.1 Å². The van der Waals surface area contributed by atoms with E-state index in [0.29, 0.717) is 11.4 Å². The fourth-order valence-corrected chi connectivity index (χ4v) is 3.76. The number of hydrogen-bond acceptors (Lipinski definition) is 3. The van der Waals surface area contributed by atoms with Gasteiger partial charge in [-0.25, -0.2) is 0 Å². The van der Waals surface area contributed by atoms with Crippen molar-refractivity contribution in [1.82, 2.24) is 0 Å². The second-order valence-corrected chi connectivity index (χ2v) is 6.91. The van der Waals surface area contributed by atoms with Gasteiger partial charge in [0, 0.05) is 10.9 Å². The van der Waals surface area contributed by atoms with Crippen molar-refractivity contribution in [1.29, 1.82) is 0 Å². The largest absolute Gasteiger partial charge is 0.465 e. The zero-order valence-corrected chi connectivity index (χ0v) is 15.6. The monoisotopic (exact) mass is 368 g/mol. The van der Waals surface area contributed by atoms with E-state index in [4.69, 9.17) is 16.3 Å². The van der Waals surface area contributed by atoms with Gasteiger partial charge in [-0.2, -0.15) is 0 Å². The van der Waals surface area contributed by atoms with Crippen molar-refractivity contribution in [3.63, 3.8) is 0 Å². The highest BCUT2D eigenvalue weighted by Crippen LogP contribution is 2.41. The number of allylic oxidation sites excluding steroid dienone is 2. The lowest BCUT2D eigenvalue weighted by molar-refractivity contribution is -0.151. The summed E-state index contributed by atoms with van der Waals surface area (Å²) in [6.45, 7) is 4.00. The molecule has 2 aromatic carbocycles. The van der Waals surface area contributed by atoms with Crippen LogP contribution in [0.15, 0.2) is 54.6 Å². The van der Waals surface area contributed by atoms with Gasteiger partial charge in [0.15, 0.2) is 5.78 Å². The highest BCUT2D eigenvalue weighted by molar-refractivity contribution is 6.32. The highest BCUT2D eigenvalue weighted by Gasteiger charge is 2.40. The summed E-state index contributed by atoms with van der Waals surface area (Å²) in [7, 11) is 0. The minimum absolute atomic E-state index is 0.226. The number of ketones is 1. The lowest BCUT2D eigenvalue weighted by Crippen LogP contribution is -2.34. The third-order valence-corrected chi connectivity index (χ3v) is 5.03. The van der Waals surface area contributed by atoms with Crippen molar-refractivity contribution in [3.8, 4) is 0 Å². The minimum atomic E-state index is -0.817. The summed E-state index contributed by atoms with van der Waals surface area (Å²) >= 11 is 6.33. The van der Waals surface area contributed by atoms with Gasteiger partial charge in [0.2, 0.25) is 0 Å². The average molecular weight is 369 g/mol. The van der Waals surface area contributed by atoms with Crippen molar-refractivity contribution in [2.24, 2.45) is 5.92 Å². The van der Waals surface area contributed by atoms with Crippen LogP contribution >= 0.6 is 11.6 Å². The van der Waals surface area contributed by atoms with Crippen molar-refractivity contribution >= 4 is 28.9 Å². The van der Waals surface area contributed by atoms with Gasteiger partial charge in [-0.05, 0) is 49.1 Å². The first-order chi connectivity index (χ1) is 12.5. The third kappa shape index (κ3) is 3.73. The van der Waals surface area contributed by atoms with Gasteiger partial charge >= 0.3 is 5.97 Å². The molecule has 1 aliphatic carbocycles. The van der Waals surface area contributed by atoms with E-state index >= 15 is 0 Å². The molecule has 0 amide bonds. The summed E-state index contributed by atoms with van der Waals surface area (Å²) in [5, 5.41) is 0.601. The Morgan fingerprint density at radius 1 is 1.19 bits per heavy atom. The number of ether oxygens (including phenoxy) is 1. The van der Waals surface area contributed by atoms with E-state index in [0.717, 1.165) is 22.3 Å². The first kappa shape index (κ1) is 18.4. The second-order valence-electron chi connectivity index (χ2n) is 6.51. The molecule has 0 heterocycles. The standard InChI is InChI=1S/C22H21ClO3/c1-3-26-22(25)21-18(15-8-6-7-14(2)11-15)12-16(13-20(21)24)17-9-4-5-10-19(17)23/h4-11,13,18,21H,3,12H2,1-2H3/t18-,21+/m0/s1. The van der Waals surface area contributed by atoms with Crippen LogP contribution in [0, 0.1) is 12.8 Å². The molecular formula is C22H21ClO3. The summed E-state index contributed by atoms with van der Waals surface area (Å²) in [6.07, 6.45) is 2.11. The molecule has 3 nitrogen and oxygen atoms in total. The van der Waals surface area contributed by atoms with Gasteiger partial charge < -0.3 is 4.74 Å². The summed E-state index contributed by atoms with van der Waals surface area (Å²) in [5.41, 5.74) is 3.75. The quantitative estimate of drug-likeness (QED) is 0.565. The number of esters is 1. The van der Waals surface area contributed by atoms with E-state index in [-0.39, 0.29) is 18.3 Å². The average Bonchev–Trinajstić information content (AvgIpc) is 2.61. The molecule has 0 saturated heterocycles. The molecular weight excluding hydrogens is 348 g/mol. The first-order valence-electron chi connectivity index (χ1n) is 8.73. The van der Waals surface area contributed by atoms with Crippen LogP contribution < -0.4 is 0 Å². The third-order valence-electron chi connectivity index (χ3n) is 4.70. The molecule has 0 unspecified atom stereocenters. The molecule has 0 radical (unpaired) electrons. The fraction of sp³-hybridized carbons (Fsp3) is 0.273. The van der Waals surface area contributed by atoms with Crippen LogP contribution in [0.2, 0.25) is 5.02 Å². The summed E-state index contributed by atoms with van der Waals surface area (Å²) in [5.74, 6) is -1.77. The predicted molar refractivity (Wildman–Crippen MR) is 103 cm³/mol. The Kier molecular flexibility index (Phi) is 5.58. The van der Waals surface area contributed by atoms with Crippen LogP contribution in [0.25, 0.3) is 5.57 Å². The number of carbonyl (C=O) groups is 2. The number of hydrogen-bond donors (Lipinski definition) is 0. The van der Waals surface area contributed by atoms with Gasteiger partial charge in [-0.3, -0.25) is 9.59 Å². The molecule has 26 heavy (non-hydrogen) atoms. The SMILES string of the molecule is CCOC(=O)[C@H]1C(=O)C=C(c2ccccc2Cl)C[C@H]1c1cccc(C)c1. The Hall–Kier alpha value is -2.39. The maximum Gasteiger partial charge on any atom is 0.317 e. The number of benzene rings is 2. The van der Waals surface area contributed by atoms with Crippen molar-refractivity contribution in [3.05, 3.63) is 76.3 Å². The first-order valence-corrected chi connectivity index (χ1v) is 9.11. The van der Waals surface area contributed by atoms with Crippen LogP contribution in [-0.4, -0.2) is 18.4 Å². The number of halogens is 1. The Labute approximate surface area is 158 Å². The molecule has 1 aliphatic rings. The van der Waals surface area contributed by atoms with Gasteiger partial charge in [-0.15, -0.1) is 0 Å². The molecule has 0 spiro atoms. The van der Waals surface area contributed by atoms with Gasteiger partial charge in [0.05, 0.1) is 6.61 Å². The Balaban J connectivity index is 2.06. The van der Waals surface area contributed by atoms with E-state index in [2.05, 4.69) is 0 Å². The number of carbonyl (C=O) groups excluding carboxylic acids is 2. The lowest BCUT2D eigenvalue weighted by atomic mass is 9.73. The van der Waals surface area contributed by atoms with Crippen LogP contribution in [0.1, 0.15) is 36.0 Å². The van der Waals surface area contributed by atoms with E-state index in [1.165, 1.54) is 0 Å². The smallest absolute Gasteiger partial charge is 0.317 e. The maximum absolute atomic E-state index is 12.9. The Bertz CT molecular complexity index is 869. The molecule has 3 rings (SSSR count). The van der Waals surface area contributed by atoms with Gasteiger partial charge in [-0.1, -0.05) is 59.6 Å². The summed E-state index contributed by atoms with van der Waals surface area (Å²) in [6, 6.07) is 15.4. The zero-order chi connectivity index (χ0) is 18.7. The van der Waals surface area contributed by atoms with Crippen LogP contribution in [0.4, 0.5) is 0 Å². The maximum atomic E-state index is 12.9. The predicted octanol–water partition coefficient (Wildman–Crippen LogP) is 4.97. The molecule has 0 fully saturated rings. The van der Waals surface area contributed by atoms with E-state index < -0.39 is 11.9 Å². The van der Waals surface area contributed by atoms with E-state index in [1.807, 2.05) is 49.4 Å². The van der Waals surface area contributed by atoms with Crippen LogP contribution in [0.3, 0.4) is 0 Å². The van der Waals surface area contributed by atoms with Crippen molar-refractivity contribution in [2.45, 2.75) is 26.2 Å². The molecule has 4 heteroatoms. The normalized spacial score (nSPS) is 19.8. The van der Waals surface area contributed by atoms with E-state index in [9.17, 15) is 9.59 Å². The Morgan fingerprint density at radius 3 is 2.65 bits per heavy atom. The zero-order valence-electron chi connectivity index (χ0n) is 14.9. The number of aryl methyl sites for hydroxylation is 1. The fourth-order valence-electron chi connectivity index (χ4n) is 3.51. The molecule has 0 aliphatic heterocycles. The Morgan fingerprint density at radius 2 is 1.96 bits per heavy atom. The molecule has 0 N–H and O–H groups in total. The molecule has 134 valence electrons. The van der Waals surface area contributed by atoms with Gasteiger partial charge in [0.25, 0.3) is 0 Å². The molecule has 2 atom stereocenters. The van der Waals surface area contributed by atoms with Crippen molar-refractivity contribution < 1.29 is 14.3 Å². The summed E-state index contributed by atoms with van der Waals surface area (Å²) in [4.78, 5) is 25.3.